The number of rotatable bonds is 3. The Hall–Kier alpha value is -2.21. The van der Waals surface area contributed by atoms with Crippen LogP contribution in [0.25, 0.3) is 5.82 Å². The third-order valence-corrected chi connectivity index (χ3v) is 4.03. The number of pyridine rings is 1. The van der Waals surface area contributed by atoms with Gasteiger partial charge in [0.25, 0.3) is 5.91 Å². The molecule has 3 rings (SSSR count). The van der Waals surface area contributed by atoms with Crippen molar-refractivity contribution in [2.24, 2.45) is 11.1 Å². The van der Waals surface area contributed by atoms with Gasteiger partial charge in [-0.25, -0.2) is 9.67 Å². The summed E-state index contributed by atoms with van der Waals surface area (Å²) in [6, 6.07) is 7.23. The number of nitrogens with zero attached hydrogens (tertiary/aromatic N) is 4. The fraction of sp³-hybridized carbons (Fsp3) is 0.400. The van der Waals surface area contributed by atoms with Gasteiger partial charge in [-0.1, -0.05) is 13.0 Å². The van der Waals surface area contributed by atoms with Crippen LogP contribution in [0.1, 0.15) is 23.8 Å². The van der Waals surface area contributed by atoms with Crippen LogP contribution in [0, 0.1) is 5.41 Å². The molecule has 1 aliphatic heterocycles. The minimum atomic E-state index is -0.0406. The van der Waals surface area contributed by atoms with Crippen molar-refractivity contribution in [3.63, 3.8) is 0 Å². The number of aromatic nitrogens is 3. The zero-order valence-electron chi connectivity index (χ0n) is 12.1. The number of nitrogens with two attached hydrogens (primary N) is 1. The molecular formula is C15H19N5O. The highest BCUT2D eigenvalue weighted by molar-refractivity contribution is 5.92. The Labute approximate surface area is 123 Å². The lowest BCUT2D eigenvalue weighted by Crippen LogP contribution is -2.34. The summed E-state index contributed by atoms with van der Waals surface area (Å²) in [4.78, 5) is 18.8. The first kappa shape index (κ1) is 13.8. The maximum absolute atomic E-state index is 12.6. The molecule has 6 nitrogen and oxygen atoms in total. The van der Waals surface area contributed by atoms with Gasteiger partial charge in [-0.2, -0.15) is 5.10 Å². The van der Waals surface area contributed by atoms with Crippen LogP contribution in [0.5, 0.6) is 0 Å². The molecule has 1 fully saturated rings. The van der Waals surface area contributed by atoms with Crippen molar-refractivity contribution in [3.05, 3.63) is 42.4 Å². The molecule has 1 aliphatic rings. The molecule has 1 unspecified atom stereocenters. The average molecular weight is 285 g/mol. The molecule has 21 heavy (non-hydrogen) atoms. The van der Waals surface area contributed by atoms with E-state index >= 15 is 0 Å². The Kier molecular flexibility index (Phi) is 3.47. The van der Waals surface area contributed by atoms with E-state index in [0.29, 0.717) is 24.6 Å². The van der Waals surface area contributed by atoms with Gasteiger partial charge < -0.3 is 10.6 Å². The molecule has 0 bridgehead atoms. The van der Waals surface area contributed by atoms with Gasteiger partial charge in [-0.15, -0.1) is 0 Å². The lowest BCUT2D eigenvalue weighted by molar-refractivity contribution is 0.0771. The zero-order chi connectivity index (χ0) is 14.9. The first-order valence-corrected chi connectivity index (χ1v) is 7.08. The summed E-state index contributed by atoms with van der Waals surface area (Å²) in [5.41, 5.74) is 6.26. The number of carbonyl (C=O) groups is 1. The second kappa shape index (κ2) is 5.29. The van der Waals surface area contributed by atoms with Gasteiger partial charge in [-0.3, -0.25) is 4.79 Å². The highest BCUT2D eigenvalue weighted by Gasteiger charge is 2.35. The zero-order valence-corrected chi connectivity index (χ0v) is 12.1. The van der Waals surface area contributed by atoms with Crippen molar-refractivity contribution in [3.8, 4) is 5.82 Å². The van der Waals surface area contributed by atoms with Gasteiger partial charge in [0.15, 0.2) is 5.82 Å². The summed E-state index contributed by atoms with van der Waals surface area (Å²) in [5, 5.41) is 4.13. The fourth-order valence-electron chi connectivity index (χ4n) is 2.60. The largest absolute Gasteiger partial charge is 0.337 e. The van der Waals surface area contributed by atoms with E-state index in [0.717, 1.165) is 13.0 Å². The van der Waals surface area contributed by atoms with Crippen molar-refractivity contribution >= 4 is 5.91 Å². The molecule has 0 spiro atoms. The molecule has 0 radical (unpaired) electrons. The van der Waals surface area contributed by atoms with Gasteiger partial charge in [0.2, 0.25) is 0 Å². The molecular weight excluding hydrogens is 266 g/mol. The van der Waals surface area contributed by atoms with E-state index in [1.165, 1.54) is 0 Å². The standard InChI is InChI=1S/C15H19N5O/c1-15(10-16)6-9-19(11-15)14(21)12-4-2-5-13(18-12)20-8-3-7-17-20/h2-5,7-8H,6,9-11,16H2,1H3. The quantitative estimate of drug-likeness (QED) is 0.915. The van der Waals surface area contributed by atoms with E-state index in [-0.39, 0.29) is 11.3 Å². The lowest BCUT2D eigenvalue weighted by Gasteiger charge is -2.22. The van der Waals surface area contributed by atoms with Crippen LogP contribution in [0.15, 0.2) is 36.7 Å². The van der Waals surface area contributed by atoms with Crippen molar-refractivity contribution in [1.29, 1.82) is 0 Å². The maximum Gasteiger partial charge on any atom is 0.272 e. The predicted molar refractivity (Wildman–Crippen MR) is 79.0 cm³/mol. The van der Waals surface area contributed by atoms with Gasteiger partial charge in [0.05, 0.1) is 0 Å². The molecule has 110 valence electrons. The Bertz CT molecular complexity index is 639. The summed E-state index contributed by atoms with van der Waals surface area (Å²) < 4.78 is 1.64. The summed E-state index contributed by atoms with van der Waals surface area (Å²) in [6.07, 6.45) is 4.43. The molecule has 0 aliphatic carbocycles. The topological polar surface area (TPSA) is 77.0 Å². The van der Waals surface area contributed by atoms with Crippen molar-refractivity contribution < 1.29 is 4.79 Å². The van der Waals surface area contributed by atoms with Crippen LogP contribution >= 0.6 is 0 Å². The summed E-state index contributed by atoms with van der Waals surface area (Å²) in [6.45, 7) is 4.14. The number of carbonyl (C=O) groups excluding carboxylic acids is 1. The second-order valence-electron chi connectivity index (χ2n) is 5.82. The lowest BCUT2D eigenvalue weighted by atomic mass is 9.90. The molecule has 1 saturated heterocycles. The third kappa shape index (κ3) is 2.67. The number of amides is 1. The van der Waals surface area contributed by atoms with Crippen molar-refractivity contribution in [1.82, 2.24) is 19.7 Å². The summed E-state index contributed by atoms with van der Waals surface area (Å²) in [7, 11) is 0. The summed E-state index contributed by atoms with van der Waals surface area (Å²) >= 11 is 0. The summed E-state index contributed by atoms with van der Waals surface area (Å²) in [5.74, 6) is 0.604. The van der Waals surface area contributed by atoms with Crippen molar-refractivity contribution in [2.45, 2.75) is 13.3 Å². The second-order valence-corrected chi connectivity index (χ2v) is 5.82. The van der Waals surface area contributed by atoms with E-state index in [1.54, 1.807) is 23.1 Å². The molecule has 1 amide bonds. The minimum Gasteiger partial charge on any atom is -0.337 e. The van der Waals surface area contributed by atoms with Crippen LogP contribution in [0.3, 0.4) is 0 Å². The third-order valence-electron chi connectivity index (χ3n) is 4.03. The van der Waals surface area contributed by atoms with E-state index in [4.69, 9.17) is 5.73 Å². The maximum atomic E-state index is 12.6. The average Bonchev–Trinajstić information content (AvgIpc) is 3.17. The Morgan fingerprint density at radius 1 is 1.43 bits per heavy atom. The van der Waals surface area contributed by atoms with E-state index in [9.17, 15) is 4.79 Å². The molecule has 0 aromatic carbocycles. The molecule has 2 N–H and O–H groups in total. The van der Waals surface area contributed by atoms with Crippen LogP contribution in [-0.2, 0) is 0 Å². The molecule has 2 aromatic heterocycles. The fourth-order valence-corrected chi connectivity index (χ4v) is 2.60. The SMILES string of the molecule is CC1(CN)CCN(C(=O)c2cccc(-n3cccn3)n2)C1. The van der Waals surface area contributed by atoms with Crippen LogP contribution in [-0.4, -0.2) is 45.2 Å². The number of likely N-dealkylation sites (tertiary alicyclic amines) is 1. The van der Waals surface area contributed by atoms with E-state index in [1.807, 2.05) is 23.1 Å². The van der Waals surface area contributed by atoms with Gasteiger partial charge in [0.1, 0.15) is 5.69 Å². The molecule has 2 aromatic rings. The Morgan fingerprint density at radius 2 is 2.29 bits per heavy atom. The van der Waals surface area contributed by atoms with Crippen LogP contribution in [0.2, 0.25) is 0 Å². The van der Waals surface area contributed by atoms with E-state index in [2.05, 4.69) is 17.0 Å². The number of hydrogen-bond donors (Lipinski definition) is 1. The minimum absolute atomic E-state index is 0.0231. The smallest absolute Gasteiger partial charge is 0.272 e. The van der Waals surface area contributed by atoms with E-state index < -0.39 is 0 Å². The molecule has 6 heteroatoms. The predicted octanol–water partition coefficient (Wildman–Crippen LogP) is 1.08. The Balaban J connectivity index is 1.81. The van der Waals surface area contributed by atoms with Gasteiger partial charge in [-0.05, 0) is 36.6 Å². The normalized spacial score (nSPS) is 21.7. The highest BCUT2D eigenvalue weighted by atomic mass is 16.2. The van der Waals surface area contributed by atoms with Crippen molar-refractivity contribution in [2.75, 3.05) is 19.6 Å². The first-order valence-electron chi connectivity index (χ1n) is 7.08. The van der Waals surface area contributed by atoms with Crippen LogP contribution in [0.4, 0.5) is 0 Å². The Morgan fingerprint density at radius 3 is 2.95 bits per heavy atom. The highest BCUT2D eigenvalue weighted by Crippen LogP contribution is 2.29. The van der Waals surface area contributed by atoms with Gasteiger partial charge >= 0.3 is 0 Å². The van der Waals surface area contributed by atoms with Gasteiger partial charge in [0, 0.05) is 25.5 Å². The molecule has 3 heterocycles. The first-order chi connectivity index (χ1) is 10.1. The molecule has 1 atom stereocenters. The monoisotopic (exact) mass is 285 g/mol. The number of hydrogen-bond acceptors (Lipinski definition) is 4. The van der Waals surface area contributed by atoms with Crippen LogP contribution < -0.4 is 5.73 Å². The molecule has 0 saturated carbocycles.